The molecule has 146 valence electrons. The first-order chi connectivity index (χ1) is 14.5. The van der Waals surface area contributed by atoms with E-state index in [0.29, 0.717) is 33.5 Å². The standard InChI is InChI=1S/C18H19ClN6O2S/c1-20-18-23-16(15-5-3-4-8-21-15)10-17(24-18)22-11-12-6-7-13(9-14(12)19)25-28(2,26)27/h3-10,25H,11H2,1-2H3,(H2,20,22,23,24)/i1D3. The Hall–Kier alpha value is -2.91. The molecule has 0 saturated carbocycles. The van der Waals surface area contributed by atoms with Gasteiger partial charge >= 0.3 is 0 Å². The highest BCUT2D eigenvalue weighted by molar-refractivity contribution is 7.92. The zero-order chi connectivity index (χ0) is 22.6. The molecule has 28 heavy (non-hydrogen) atoms. The number of sulfonamides is 1. The molecule has 3 aromatic rings. The zero-order valence-electron chi connectivity index (χ0n) is 17.8. The van der Waals surface area contributed by atoms with Crippen LogP contribution in [0, 0.1) is 0 Å². The molecule has 8 nitrogen and oxygen atoms in total. The van der Waals surface area contributed by atoms with Gasteiger partial charge in [-0.05, 0) is 29.8 Å². The van der Waals surface area contributed by atoms with Crippen LogP contribution in [0.3, 0.4) is 0 Å². The van der Waals surface area contributed by atoms with E-state index >= 15 is 0 Å². The maximum Gasteiger partial charge on any atom is 0.229 e. The Morgan fingerprint density at radius 1 is 1.14 bits per heavy atom. The average molecular weight is 422 g/mol. The van der Waals surface area contributed by atoms with Crippen LogP contribution in [0.4, 0.5) is 17.5 Å². The summed E-state index contributed by atoms with van der Waals surface area (Å²) in [7, 11) is -3.41. The lowest BCUT2D eigenvalue weighted by molar-refractivity contribution is 0.607. The monoisotopic (exact) mass is 421 g/mol. The summed E-state index contributed by atoms with van der Waals surface area (Å²) in [4.78, 5) is 12.7. The first-order valence-corrected chi connectivity index (χ1v) is 10.3. The summed E-state index contributed by atoms with van der Waals surface area (Å²) in [6, 6.07) is 11.7. The third kappa shape index (κ3) is 5.30. The molecule has 0 aliphatic rings. The molecule has 10 heteroatoms. The molecule has 0 amide bonds. The fraction of sp³-hybridized carbons (Fsp3) is 0.167. The number of pyridine rings is 1. The van der Waals surface area contributed by atoms with Crippen molar-refractivity contribution in [2.75, 3.05) is 28.6 Å². The third-order valence-electron chi connectivity index (χ3n) is 3.58. The highest BCUT2D eigenvalue weighted by Crippen LogP contribution is 2.24. The van der Waals surface area contributed by atoms with Gasteiger partial charge in [0.15, 0.2) is 0 Å². The molecule has 2 aromatic heterocycles. The van der Waals surface area contributed by atoms with Gasteiger partial charge in [0, 0.05) is 40.6 Å². The molecule has 1 aromatic carbocycles. The van der Waals surface area contributed by atoms with Crippen LogP contribution in [0.1, 0.15) is 9.68 Å². The van der Waals surface area contributed by atoms with E-state index in [1.165, 1.54) is 6.07 Å². The van der Waals surface area contributed by atoms with Crippen LogP contribution in [0.15, 0.2) is 48.7 Å². The van der Waals surface area contributed by atoms with Crippen molar-refractivity contribution in [2.24, 2.45) is 0 Å². The van der Waals surface area contributed by atoms with Crippen molar-refractivity contribution in [1.82, 2.24) is 15.0 Å². The molecule has 2 heterocycles. The number of halogens is 1. The van der Waals surface area contributed by atoms with Crippen LogP contribution in [-0.4, -0.2) is 36.6 Å². The van der Waals surface area contributed by atoms with Crippen LogP contribution >= 0.6 is 11.6 Å². The van der Waals surface area contributed by atoms with Gasteiger partial charge in [0.1, 0.15) is 5.82 Å². The number of hydrogen-bond acceptors (Lipinski definition) is 7. The highest BCUT2D eigenvalue weighted by Gasteiger charge is 2.09. The molecule has 0 aliphatic heterocycles. The Morgan fingerprint density at radius 3 is 2.68 bits per heavy atom. The van der Waals surface area contributed by atoms with E-state index in [4.69, 9.17) is 15.7 Å². The summed E-state index contributed by atoms with van der Waals surface area (Å²) in [5, 5.41) is 5.72. The predicted octanol–water partition coefficient (Wildman–Crippen LogP) is 3.22. The van der Waals surface area contributed by atoms with Crippen molar-refractivity contribution in [1.29, 1.82) is 0 Å². The number of hydrogen-bond donors (Lipinski definition) is 3. The molecule has 0 saturated heterocycles. The molecular weight excluding hydrogens is 400 g/mol. The van der Waals surface area contributed by atoms with E-state index in [-0.39, 0.29) is 12.5 Å². The third-order valence-corrected chi connectivity index (χ3v) is 4.54. The summed E-state index contributed by atoms with van der Waals surface area (Å²) < 4.78 is 47.3. The van der Waals surface area contributed by atoms with Crippen LogP contribution in [0.25, 0.3) is 11.4 Å². The number of anilines is 3. The van der Waals surface area contributed by atoms with Gasteiger partial charge < -0.3 is 10.6 Å². The molecule has 0 fully saturated rings. The van der Waals surface area contributed by atoms with E-state index in [1.54, 1.807) is 42.6 Å². The molecular formula is C18H19ClN6O2S. The predicted molar refractivity (Wildman–Crippen MR) is 112 cm³/mol. The number of benzene rings is 1. The molecule has 0 unspecified atom stereocenters. The summed E-state index contributed by atoms with van der Waals surface area (Å²) in [5.74, 6) is 0.279. The Balaban J connectivity index is 1.84. The second kappa shape index (κ2) is 8.41. The average Bonchev–Trinajstić information content (AvgIpc) is 2.65. The number of nitrogens with zero attached hydrogens (tertiary/aromatic N) is 3. The summed E-state index contributed by atoms with van der Waals surface area (Å²) in [5.41, 5.74) is 2.02. The van der Waals surface area contributed by atoms with Gasteiger partial charge in [0.25, 0.3) is 0 Å². The Labute approximate surface area is 172 Å². The van der Waals surface area contributed by atoms with Gasteiger partial charge in [-0.2, -0.15) is 4.98 Å². The van der Waals surface area contributed by atoms with Gasteiger partial charge in [0.2, 0.25) is 16.0 Å². The maximum atomic E-state index is 11.4. The smallest absolute Gasteiger partial charge is 0.229 e. The Kier molecular flexibility index (Phi) is 4.83. The first-order valence-electron chi connectivity index (χ1n) is 9.57. The van der Waals surface area contributed by atoms with Crippen LogP contribution < -0.4 is 15.4 Å². The lowest BCUT2D eigenvalue weighted by atomic mass is 10.2. The quantitative estimate of drug-likeness (QED) is 0.537. The van der Waals surface area contributed by atoms with Crippen molar-refractivity contribution in [2.45, 2.75) is 6.54 Å². The van der Waals surface area contributed by atoms with E-state index in [1.807, 2.05) is 0 Å². The molecule has 3 rings (SSSR count). The van der Waals surface area contributed by atoms with Crippen molar-refractivity contribution in [3.8, 4) is 11.4 Å². The molecule has 0 radical (unpaired) electrons. The molecule has 0 bridgehead atoms. The van der Waals surface area contributed by atoms with Crippen molar-refractivity contribution >= 4 is 39.1 Å². The fourth-order valence-electron chi connectivity index (χ4n) is 2.39. The lowest BCUT2D eigenvalue weighted by Gasteiger charge is -2.12. The number of aromatic nitrogens is 3. The van der Waals surface area contributed by atoms with Crippen LogP contribution in [0.5, 0.6) is 0 Å². The van der Waals surface area contributed by atoms with Crippen molar-refractivity contribution in [3.63, 3.8) is 0 Å². The van der Waals surface area contributed by atoms with Gasteiger partial charge in [-0.15, -0.1) is 0 Å². The SMILES string of the molecule is [2H]C([2H])([2H])Nc1nc(NCc2ccc(NS(C)(=O)=O)cc2Cl)cc(-c2ccccn2)n1. The minimum atomic E-state index is -3.41. The van der Waals surface area contributed by atoms with Gasteiger partial charge in [-0.3, -0.25) is 9.71 Å². The second-order valence-corrected chi connectivity index (χ2v) is 7.99. The largest absolute Gasteiger partial charge is 0.366 e. The summed E-state index contributed by atoms with van der Waals surface area (Å²) in [6.45, 7) is -2.21. The second-order valence-electron chi connectivity index (χ2n) is 5.84. The van der Waals surface area contributed by atoms with E-state index < -0.39 is 17.0 Å². The van der Waals surface area contributed by atoms with Crippen LogP contribution in [0.2, 0.25) is 5.02 Å². The lowest BCUT2D eigenvalue weighted by Crippen LogP contribution is -2.10. The van der Waals surface area contributed by atoms with Crippen molar-refractivity contribution in [3.05, 3.63) is 59.2 Å². The highest BCUT2D eigenvalue weighted by atomic mass is 35.5. The number of rotatable bonds is 7. The summed E-state index contributed by atoms with van der Waals surface area (Å²) in [6.07, 6.45) is 2.66. The summed E-state index contributed by atoms with van der Waals surface area (Å²) >= 11 is 6.27. The topological polar surface area (TPSA) is 109 Å². The minimum absolute atomic E-state index is 0.0792. The Morgan fingerprint density at radius 2 is 2.00 bits per heavy atom. The molecule has 0 atom stereocenters. The van der Waals surface area contributed by atoms with Crippen LogP contribution in [-0.2, 0) is 16.6 Å². The molecule has 0 aliphatic carbocycles. The maximum absolute atomic E-state index is 11.4. The van der Waals surface area contributed by atoms with E-state index in [2.05, 4.69) is 30.3 Å². The van der Waals surface area contributed by atoms with Crippen molar-refractivity contribution < 1.29 is 12.5 Å². The van der Waals surface area contributed by atoms with E-state index in [0.717, 1.165) is 6.26 Å². The van der Waals surface area contributed by atoms with Gasteiger partial charge in [0.05, 0.1) is 17.6 Å². The first kappa shape index (κ1) is 16.1. The normalized spacial score (nSPS) is 13.1. The van der Waals surface area contributed by atoms with Gasteiger partial charge in [-0.25, -0.2) is 13.4 Å². The number of nitrogens with one attached hydrogen (secondary N) is 3. The zero-order valence-corrected chi connectivity index (χ0v) is 16.3. The Bertz CT molecular complexity index is 1180. The minimum Gasteiger partial charge on any atom is -0.366 e. The molecule has 3 N–H and O–H groups in total. The van der Waals surface area contributed by atoms with Gasteiger partial charge in [-0.1, -0.05) is 23.7 Å². The fourth-order valence-corrected chi connectivity index (χ4v) is 3.20. The van der Waals surface area contributed by atoms with E-state index in [9.17, 15) is 8.42 Å². The molecule has 0 spiro atoms.